The van der Waals surface area contributed by atoms with Gasteiger partial charge in [0.05, 0.1) is 12.5 Å². The summed E-state index contributed by atoms with van der Waals surface area (Å²) in [5.74, 6) is 0. The Morgan fingerprint density at radius 1 is 1.09 bits per heavy atom. The van der Waals surface area contributed by atoms with E-state index < -0.39 is 0 Å². The first-order valence-corrected chi connectivity index (χ1v) is 4.37. The summed E-state index contributed by atoms with van der Waals surface area (Å²) in [6, 6.07) is 0. The minimum absolute atomic E-state index is 1.03. The van der Waals surface area contributed by atoms with E-state index in [9.17, 15) is 0 Å². The van der Waals surface area contributed by atoms with Crippen molar-refractivity contribution in [2.45, 2.75) is 39.5 Å². The smallest absolute Gasteiger partial charge is 0.0861 e. The topological polar surface area (TPSA) is 9.23 Å². The van der Waals surface area contributed by atoms with E-state index in [1.807, 2.05) is 6.08 Å². The lowest BCUT2D eigenvalue weighted by Gasteiger charge is -1.89. The van der Waals surface area contributed by atoms with Crippen molar-refractivity contribution in [3.63, 3.8) is 0 Å². The average Bonchev–Trinajstić information content (AvgIpc) is 2.03. The third kappa shape index (κ3) is 9.28. The van der Waals surface area contributed by atoms with E-state index in [1.54, 1.807) is 12.5 Å². The monoisotopic (exact) mass is 154 g/mol. The minimum atomic E-state index is 1.03. The van der Waals surface area contributed by atoms with Gasteiger partial charge in [0.2, 0.25) is 0 Å². The van der Waals surface area contributed by atoms with Gasteiger partial charge in [0.15, 0.2) is 0 Å². The summed E-state index contributed by atoms with van der Waals surface area (Å²) in [5, 5.41) is 0. The molecule has 1 heteroatoms. The lowest BCUT2D eigenvalue weighted by molar-refractivity contribution is 0.398. The van der Waals surface area contributed by atoms with Gasteiger partial charge >= 0.3 is 0 Å². The summed E-state index contributed by atoms with van der Waals surface area (Å²) in [6.45, 7) is 4.27. The standard InChI is InChI=1S/C10H18O/c1-3-5-7-8-10-11-9-6-4-2/h6,8-10H,3-5,7H2,1-2H3. The van der Waals surface area contributed by atoms with E-state index in [-0.39, 0.29) is 0 Å². The van der Waals surface area contributed by atoms with Crippen molar-refractivity contribution < 1.29 is 4.74 Å². The van der Waals surface area contributed by atoms with Crippen LogP contribution in [0.25, 0.3) is 0 Å². The average molecular weight is 154 g/mol. The van der Waals surface area contributed by atoms with Crippen LogP contribution >= 0.6 is 0 Å². The van der Waals surface area contributed by atoms with Crippen molar-refractivity contribution in [1.82, 2.24) is 0 Å². The second-order valence-electron chi connectivity index (χ2n) is 2.43. The van der Waals surface area contributed by atoms with Gasteiger partial charge in [0.1, 0.15) is 0 Å². The number of ether oxygens (including phenoxy) is 1. The Labute approximate surface area is 69.8 Å². The van der Waals surface area contributed by atoms with E-state index >= 15 is 0 Å². The highest BCUT2D eigenvalue weighted by Crippen LogP contribution is 1.95. The van der Waals surface area contributed by atoms with Gasteiger partial charge in [-0.25, -0.2) is 0 Å². The highest BCUT2D eigenvalue weighted by molar-refractivity contribution is 4.78. The number of allylic oxidation sites excluding steroid dienone is 2. The first-order valence-electron chi connectivity index (χ1n) is 4.37. The van der Waals surface area contributed by atoms with Crippen LogP contribution in [-0.2, 0) is 4.74 Å². The molecular weight excluding hydrogens is 136 g/mol. The summed E-state index contributed by atoms with van der Waals surface area (Å²) < 4.78 is 5.06. The molecule has 0 aliphatic rings. The Kier molecular flexibility index (Phi) is 8.67. The molecule has 0 heterocycles. The molecule has 64 valence electrons. The molecule has 0 amide bonds. The molecule has 0 aliphatic heterocycles. The summed E-state index contributed by atoms with van der Waals surface area (Å²) >= 11 is 0. The van der Waals surface area contributed by atoms with Gasteiger partial charge in [-0.1, -0.05) is 20.3 Å². The predicted molar refractivity (Wildman–Crippen MR) is 49.2 cm³/mol. The third-order valence-electron chi connectivity index (χ3n) is 1.31. The Bertz CT molecular complexity index is 114. The molecule has 0 rings (SSSR count). The maximum Gasteiger partial charge on any atom is 0.0861 e. The fourth-order valence-electron chi connectivity index (χ4n) is 0.643. The van der Waals surface area contributed by atoms with Crippen LogP contribution in [0.2, 0.25) is 0 Å². The maximum absolute atomic E-state index is 5.06. The molecule has 0 N–H and O–H groups in total. The first-order chi connectivity index (χ1) is 5.41. The molecule has 0 radical (unpaired) electrons. The van der Waals surface area contributed by atoms with Crippen molar-refractivity contribution in [3.05, 3.63) is 24.7 Å². The van der Waals surface area contributed by atoms with Gasteiger partial charge in [-0.05, 0) is 31.4 Å². The Morgan fingerprint density at radius 2 is 1.82 bits per heavy atom. The molecule has 11 heavy (non-hydrogen) atoms. The number of hydrogen-bond acceptors (Lipinski definition) is 1. The van der Waals surface area contributed by atoms with E-state index in [4.69, 9.17) is 4.74 Å². The van der Waals surface area contributed by atoms with Crippen LogP contribution in [0.4, 0.5) is 0 Å². The van der Waals surface area contributed by atoms with Crippen LogP contribution in [0.5, 0.6) is 0 Å². The molecule has 0 fully saturated rings. The number of rotatable bonds is 6. The molecule has 0 saturated carbocycles. The Hall–Kier alpha value is -0.720. The van der Waals surface area contributed by atoms with E-state index in [0.717, 1.165) is 12.8 Å². The summed E-state index contributed by atoms with van der Waals surface area (Å²) in [6.07, 6.45) is 12.2. The summed E-state index contributed by atoms with van der Waals surface area (Å²) in [7, 11) is 0. The molecule has 0 aromatic carbocycles. The Balaban J connectivity index is 3.09. The van der Waals surface area contributed by atoms with Crippen molar-refractivity contribution in [2.24, 2.45) is 0 Å². The van der Waals surface area contributed by atoms with Crippen LogP contribution in [0, 0.1) is 0 Å². The largest absolute Gasteiger partial charge is 0.473 e. The quantitative estimate of drug-likeness (QED) is 0.419. The molecule has 0 saturated heterocycles. The number of hydrogen-bond donors (Lipinski definition) is 0. The zero-order valence-electron chi connectivity index (χ0n) is 7.55. The summed E-state index contributed by atoms with van der Waals surface area (Å²) in [4.78, 5) is 0. The third-order valence-corrected chi connectivity index (χ3v) is 1.31. The van der Waals surface area contributed by atoms with Gasteiger partial charge in [0.25, 0.3) is 0 Å². The molecule has 0 aliphatic carbocycles. The van der Waals surface area contributed by atoms with Crippen molar-refractivity contribution in [3.8, 4) is 0 Å². The zero-order valence-corrected chi connectivity index (χ0v) is 7.55. The zero-order chi connectivity index (χ0) is 8.36. The molecule has 0 bridgehead atoms. The fraction of sp³-hybridized carbons (Fsp3) is 0.600. The lowest BCUT2D eigenvalue weighted by atomic mass is 10.2. The van der Waals surface area contributed by atoms with Crippen LogP contribution in [0.3, 0.4) is 0 Å². The van der Waals surface area contributed by atoms with Crippen molar-refractivity contribution >= 4 is 0 Å². The van der Waals surface area contributed by atoms with E-state index in [2.05, 4.69) is 19.9 Å². The molecule has 0 spiro atoms. The fourth-order valence-corrected chi connectivity index (χ4v) is 0.643. The van der Waals surface area contributed by atoms with E-state index in [0.29, 0.717) is 0 Å². The van der Waals surface area contributed by atoms with Crippen molar-refractivity contribution in [1.29, 1.82) is 0 Å². The van der Waals surface area contributed by atoms with Crippen LogP contribution in [0.1, 0.15) is 39.5 Å². The molecule has 1 nitrogen and oxygen atoms in total. The maximum atomic E-state index is 5.06. The minimum Gasteiger partial charge on any atom is -0.473 e. The highest BCUT2D eigenvalue weighted by Gasteiger charge is 1.76. The van der Waals surface area contributed by atoms with Crippen LogP contribution in [-0.4, -0.2) is 0 Å². The SMILES string of the molecule is CCC=COC=CCCCC. The molecular formula is C10H18O. The van der Waals surface area contributed by atoms with Gasteiger partial charge in [-0.2, -0.15) is 0 Å². The van der Waals surface area contributed by atoms with Gasteiger partial charge < -0.3 is 4.74 Å². The highest BCUT2D eigenvalue weighted by atomic mass is 16.5. The summed E-state index contributed by atoms with van der Waals surface area (Å²) in [5.41, 5.74) is 0. The molecule has 0 atom stereocenters. The van der Waals surface area contributed by atoms with Gasteiger partial charge in [-0.15, -0.1) is 0 Å². The lowest BCUT2D eigenvalue weighted by Crippen LogP contribution is -1.68. The Morgan fingerprint density at radius 3 is 2.45 bits per heavy atom. The van der Waals surface area contributed by atoms with Crippen molar-refractivity contribution in [2.75, 3.05) is 0 Å². The second-order valence-corrected chi connectivity index (χ2v) is 2.43. The van der Waals surface area contributed by atoms with E-state index in [1.165, 1.54) is 12.8 Å². The number of unbranched alkanes of at least 4 members (excludes halogenated alkanes) is 2. The van der Waals surface area contributed by atoms with Crippen LogP contribution < -0.4 is 0 Å². The molecule has 0 aromatic heterocycles. The first kappa shape index (κ1) is 10.3. The second kappa shape index (κ2) is 9.28. The normalized spacial score (nSPS) is 11.5. The van der Waals surface area contributed by atoms with Gasteiger partial charge in [0, 0.05) is 0 Å². The van der Waals surface area contributed by atoms with Crippen LogP contribution in [0.15, 0.2) is 24.7 Å². The predicted octanol–water partition coefficient (Wildman–Crippen LogP) is 3.63. The van der Waals surface area contributed by atoms with Gasteiger partial charge in [-0.3, -0.25) is 0 Å². The molecule has 0 aromatic rings. The molecule has 0 unspecified atom stereocenters.